The van der Waals surface area contributed by atoms with Crippen molar-refractivity contribution in [2.24, 2.45) is 5.92 Å². The van der Waals surface area contributed by atoms with Crippen LogP contribution in [0.2, 0.25) is 0 Å². The molecule has 0 bridgehead atoms. The molecule has 5 heteroatoms. The van der Waals surface area contributed by atoms with Crippen LogP contribution < -0.4 is 0 Å². The number of Topliss-reactive ketones (excluding diaryl/α,β-unsaturated/α-hetero) is 1. The summed E-state index contributed by atoms with van der Waals surface area (Å²) in [7, 11) is 0. The standard InChI is InChI=1S/C13H17N3O2/c1-9(2)6-11-8-18-13(14-11)7-16-5-4-12(15-16)10(3)17/h4-5,8-9H,6-7H2,1-3H3. The molecule has 0 saturated heterocycles. The minimum absolute atomic E-state index is 0.0401. The van der Waals surface area contributed by atoms with E-state index in [2.05, 4.69) is 23.9 Å². The van der Waals surface area contributed by atoms with Crippen molar-refractivity contribution in [3.8, 4) is 0 Å². The summed E-state index contributed by atoms with van der Waals surface area (Å²) in [5.41, 5.74) is 1.42. The molecule has 2 aromatic heterocycles. The Labute approximate surface area is 106 Å². The van der Waals surface area contributed by atoms with E-state index in [1.807, 2.05) is 0 Å². The Kier molecular flexibility index (Phi) is 3.60. The molecular weight excluding hydrogens is 230 g/mol. The Hall–Kier alpha value is -1.91. The molecule has 0 aliphatic carbocycles. The van der Waals surface area contributed by atoms with Gasteiger partial charge in [-0.1, -0.05) is 13.8 Å². The van der Waals surface area contributed by atoms with E-state index in [4.69, 9.17) is 4.42 Å². The smallest absolute Gasteiger partial charge is 0.215 e. The summed E-state index contributed by atoms with van der Waals surface area (Å²) >= 11 is 0. The van der Waals surface area contributed by atoms with Crippen LogP contribution in [0, 0.1) is 5.92 Å². The van der Waals surface area contributed by atoms with Crippen molar-refractivity contribution in [2.45, 2.75) is 33.7 Å². The highest BCUT2D eigenvalue weighted by Crippen LogP contribution is 2.09. The Morgan fingerprint density at radius 1 is 1.50 bits per heavy atom. The van der Waals surface area contributed by atoms with Crippen LogP contribution >= 0.6 is 0 Å². The first-order chi connectivity index (χ1) is 8.54. The Morgan fingerprint density at radius 3 is 2.89 bits per heavy atom. The molecule has 0 N–H and O–H groups in total. The van der Waals surface area contributed by atoms with Crippen molar-refractivity contribution in [3.05, 3.63) is 35.8 Å². The maximum atomic E-state index is 11.1. The number of aromatic nitrogens is 3. The first kappa shape index (κ1) is 12.5. The topological polar surface area (TPSA) is 60.9 Å². The lowest BCUT2D eigenvalue weighted by Crippen LogP contribution is -2.03. The normalized spacial score (nSPS) is 11.1. The number of ketones is 1. The second-order valence-corrected chi connectivity index (χ2v) is 4.79. The molecule has 0 unspecified atom stereocenters. The van der Waals surface area contributed by atoms with E-state index in [1.165, 1.54) is 6.92 Å². The molecule has 96 valence electrons. The maximum Gasteiger partial charge on any atom is 0.215 e. The summed E-state index contributed by atoms with van der Waals surface area (Å²) in [6, 6.07) is 1.69. The first-order valence-corrected chi connectivity index (χ1v) is 6.02. The average molecular weight is 247 g/mol. The monoisotopic (exact) mass is 247 g/mol. The molecule has 18 heavy (non-hydrogen) atoms. The van der Waals surface area contributed by atoms with Crippen LogP contribution in [0.1, 0.15) is 42.8 Å². The van der Waals surface area contributed by atoms with Gasteiger partial charge in [-0.2, -0.15) is 5.10 Å². The van der Waals surface area contributed by atoms with E-state index < -0.39 is 0 Å². The van der Waals surface area contributed by atoms with E-state index in [0.717, 1.165) is 12.1 Å². The number of hydrogen-bond donors (Lipinski definition) is 0. The van der Waals surface area contributed by atoms with Crippen molar-refractivity contribution in [1.82, 2.24) is 14.8 Å². The van der Waals surface area contributed by atoms with E-state index >= 15 is 0 Å². The van der Waals surface area contributed by atoms with Gasteiger partial charge in [0.1, 0.15) is 18.5 Å². The number of carbonyl (C=O) groups excluding carboxylic acids is 1. The average Bonchev–Trinajstić information content (AvgIpc) is 2.88. The molecule has 0 fully saturated rings. The molecule has 0 aromatic carbocycles. The van der Waals surface area contributed by atoms with Crippen LogP contribution in [0.15, 0.2) is 22.9 Å². The van der Waals surface area contributed by atoms with Crippen LogP contribution in [-0.2, 0) is 13.0 Å². The van der Waals surface area contributed by atoms with Crippen LogP contribution in [0.25, 0.3) is 0 Å². The predicted molar refractivity (Wildman–Crippen MR) is 66.4 cm³/mol. The van der Waals surface area contributed by atoms with Gasteiger partial charge in [-0.15, -0.1) is 0 Å². The van der Waals surface area contributed by atoms with Gasteiger partial charge in [-0.3, -0.25) is 9.48 Å². The van der Waals surface area contributed by atoms with E-state index in [-0.39, 0.29) is 5.78 Å². The van der Waals surface area contributed by atoms with Crippen LogP contribution in [0.4, 0.5) is 0 Å². The number of nitrogens with zero attached hydrogens (tertiary/aromatic N) is 3. The van der Waals surface area contributed by atoms with Crippen molar-refractivity contribution in [2.75, 3.05) is 0 Å². The molecule has 2 heterocycles. The zero-order chi connectivity index (χ0) is 13.1. The fourth-order valence-electron chi connectivity index (χ4n) is 1.71. The third-order valence-corrected chi connectivity index (χ3v) is 2.52. The van der Waals surface area contributed by atoms with E-state index in [9.17, 15) is 4.79 Å². The summed E-state index contributed by atoms with van der Waals surface area (Å²) in [6.45, 7) is 6.23. The third-order valence-electron chi connectivity index (χ3n) is 2.52. The van der Waals surface area contributed by atoms with Crippen LogP contribution in [0.5, 0.6) is 0 Å². The van der Waals surface area contributed by atoms with Gasteiger partial charge >= 0.3 is 0 Å². The summed E-state index contributed by atoms with van der Waals surface area (Å²) in [6.07, 6.45) is 4.34. The molecular formula is C13H17N3O2. The number of hydrogen-bond acceptors (Lipinski definition) is 4. The first-order valence-electron chi connectivity index (χ1n) is 6.02. The summed E-state index contributed by atoms with van der Waals surface area (Å²) in [5.74, 6) is 1.13. The summed E-state index contributed by atoms with van der Waals surface area (Å²) < 4.78 is 7.04. The molecule has 2 aromatic rings. The van der Waals surface area contributed by atoms with Gasteiger partial charge in [0.2, 0.25) is 5.89 Å². The fourth-order valence-corrected chi connectivity index (χ4v) is 1.71. The molecule has 0 atom stereocenters. The van der Waals surface area contributed by atoms with Crippen molar-refractivity contribution < 1.29 is 9.21 Å². The van der Waals surface area contributed by atoms with Gasteiger partial charge in [0.15, 0.2) is 5.78 Å². The van der Waals surface area contributed by atoms with Crippen molar-refractivity contribution in [3.63, 3.8) is 0 Å². The van der Waals surface area contributed by atoms with Gasteiger partial charge in [0.25, 0.3) is 0 Å². The lowest BCUT2D eigenvalue weighted by Gasteiger charge is -1.98. The minimum Gasteiger partial charge on any atom is -0.447 e. The Bertz CT molecular complexity index is 540. The maximum absolute atomic E-state index is 11.1. The van der Waals surface area contributed by atoms with Crippen molar-refractivity contribution >= 4 is 5.78 Å². The van der Waals surface area contributed by atoms with E-state index in [1.54, 1.807) is 23.2 Å². The molecule has 0 spiro atoms. The van der Waals surface area contributed by atoms with Crippen LogP contribution in [-0.4, -0.2) is 20.5 Å². The zero-order valence-electron chi connectivity index (χ0n) is 10.9. The fraction of sp³-hybridized carbons (Fsp3) is 0.462. The number of oxazole rings is 1. The highest BCUT2D eigenvalue weighted by atomic mass is 16.3. The zero-order valence-corrected chi connectivity index (χ0v) is 10.9. The Morgan fingerprint density at radius 2 is 2.28 bits per heavy atom. The van der Waals surface area contributed by atoms with Gasteiger partial charge in [0.05, 0.1) is 5.69 Å². The summed E-state index contributed by atoms with van der Waals surface area (Å²) in [5, 5.41) is 4.14. The molecule has 0 aliphatic heterocycles. The second-order valence-electron chi connectivity index (χ2n) is 4.79. The molecule has 5 nitrogen and oxygen atoms in total. The SMILES string of the molecule is CC(=O)c1ccn(Cc2nc(CC(C)C)co2)n1. The van der Waals surface area contributed by atoms with Gasteiger partial charge < -0.3 is 4.42 Å². The predicted octanol–water partition coefficient (Wildman–Crippen LogP) is 2.32. The lowest BCUT2D eigenvalue weighted by atomic mass is 10.1. The largest absolute Gasteiger partial charge is 0.447 e. The third kappa shape index (κ3) is 3.06. The van der Waals surface area contributed by atoms with Crippen LogP contribution in [0.3, 0.4) is 0 Å². The van der Waals surface area contributed by atoms with Gasteiger partial charge in [-0.05, 0) is 18.4 Å². The van der Waals surface area contributed by atoms with E-state index in [0.29, 0.717) is 24.0 Å². The van der Waals surface area contributed by atoms with Gasteiger partial charge in [-0.25, -0.2) is 4.98 Å². The number of rotatable bonds is 5. The quantitative estimate of drug-likeness (QED) is 0.761. The molecule has 0 aliphatic rings. The summed E-state index contributed by atoms with van der Waals surface area (Å²) in [4.78, 5) is 15.5. The Balaban J connectivity index is 2.04. The molecule has 0 amide bonds. The van der Waals surface area contributed by atoms with Crippen molar-refractivity contribution in [1.29, 1.82) is 0 Å². The minimum atomic E-state index is -0.0401. The number of carbonyl (C=O) groups is 1. The molecule has 2 rings (SSSR count). The highest BCUT2D eigenvalue weighted by molar-refractivity contribution is 5.91. The van der Waals surface area contributed by atoms with Gasteiger partial charge in [0, 0.05) is 13.1 Å². The molecule has 0 radical (unpaired) electrons. The molecule has 0 saturated carbocycles. The lowest BCUT2D eigenvalue weighted by molar-refractivity contribution is 0.101. The second kappa shape index (κ2) is 5.16. The highest BCUT2D eigenvalue weighted by Gasteiger charge is 2.08.